The number of carbonyl (C=O) groups excluding carboxylic acids is 1. The second-order valence-corrected chi connectivity index (χ2v) is 7.26. The first-order valence-electron chi connectivity index (χ1n) is 6.95. The number of amides is 1. The number of nitrogens with one attached hydrogen (secondary N) is 2. The van der Waals surface area contributed by atoms with Crippen molar-refractivity contribution in [3.8, 4) is 0 Å². The van der Waals surface area contributed by atoms with Crippen LogP contribution in [0.1, 0.15) is 12.5 Å². The van der Waals surface area contributed by atoms with E-state index >= 15 is 0 Å². The van der Waals surface area contributed by atoms with Crippen molar-refractivity contribution in [1.82, 2.24) is 0 Å². The Hall–Kier alpha value is -2.65. The summed E-state index contributed by atoms with van der Waals surface area (Å²) in [5.74, 6) is -0.305. The Labute approximate surface area is 149 Å². The van der Waals surface area contributed by atoms with Crippen LogP contribution in [0.3, 0.4) is 0 Å². The number of anilines is 2. The topological polar surface area (TPSA) is 118 Å². The van der Waals surface area contributed by atoms with Gasteiger partial charge >= 0.3 is 0 Å². The van der Waals surface area contributed by atoms with Gasteiger partial charge in [-0.2, -0.15) is 0 Å². The van der Waals surface area contributed by atoms with E-state index in [1.165, 1.54) is 26.0 Å². The molecule has 0 spiro atoms. The zero-order chi connectivity index (χ0) is 18.8. The van der Waals surface area contributed by atoms with Crippen molar-refractivity contribution in [2.45, 2.75) is 18.7 Å². The lowest BCUT2D eigenvalue weighted by Crippen LogP contribution is -2.14. The van der Waals surface area contributed by atoms with E-state index in [0.29, 0.717) is 5.69 Å². The number of nitrogens with zero attached hydrogens (tertiary/aromatic N) is 1. The average molecular weight is 384 g/mol. The van der Waals surface area contributed by atoms with E-state index in [1.807, 2.05) is 0 Å². The molecule has 132 valence electrons. The van der Waals surface area contributed by atoms with Crippen LogP contribution in [0.5, 0.6) is 0 Å². The largest absolute Gasteiger partial charge is 0.326 e. The third-order valence-electron chi connectivity index (χ3n) is 3.23. The standard InChI is InChI=1S/C15H14ClN3O5S/c1-9-14(16)7-13(8-15(9)19(21)22)25(23,24)18-12-5-3-4-11(6-12)17-10(2)20/h3-8,18H,1-2H3,(H,17,20). The highest BCUT2D eigenvalue weighted by molar-refractivity contribution is 7.92. The summed E-state index contributed by atoms with van der Waals surface area (Å²) >= 11 is 5.91. The normalized spacial score (nSPS) is 11.0. The van der Waals surface area contributed by atoms with Gasteiger partial charge in [-0.05, 0) is 31.2 Å². The molecule has 2 aromatic rings. The molecule has 0 atom stereocenters. The van der Waals surface area contributed by atoms with Crippen molar-refractivity contribution in [2.24, 2.45) is 0 Å². The Balaban J connectivity index is 2.40. The van der Waals surface area contributed by atoms with Crippen LogP contribution < -0.4 is 10.0 Å². The molecular weight excluding hydrogens is 370 g/mol. The first-order chi connectivity index (χ1) is 11.6. The van der Waals surface area contributed by atoms with Gasteiger partial charge in [0.15, 0.2) is 0 Å². The first-order valence-corrected chi connectivity index (χ1v) is 8.81. The molecule has 0 saturated carbocycles. The second-order valence-electron chi connectivity index (χ2n) is 5.17. The number of nitro groups is 1. The predicted molar refractivity (Wildman–Crippen MR) is 94.4 cm³/mol. The van der Waals surface area contributed by atoms with E-state index in [9.17, 15) is 23.3 Å². The van der Waals surface area contributed by atoms with E-state index < -0.39 is 14.9 Å². The highest BCUT2D eigenvalue weighted by atomic mass is 35.5. The van der Waals surface area contributed by atoms with E-state index in [1.54, 1.807) is 12.1 Å². The maximum atomic E-state index is 12.5. The molecule has 10 heteroatoms. The van der Waals surface area contributed by atoms with Gasteiger partial charge in [0.25, 0.3) is 15.7 Å². The lowest BCUT2D eigenvalue weighted by Gasteiger charge is -2.11. The Kier molecular flexibility index (Phi) is 5.29. The van der Waals surface area contributed by atoms with Crippen LogP contribution in [0.2, 0.25) is 5.02 Å². The zero-order valence-electron chi connectivity index (χ0n) is 13.2. The van der Waals surface area contributed by atoms with Crippen molar-refractivity contribution >= 4 is 44.6 Å². The summed E-state index contributed by atoms with van der Waals surface area (Å²) in [7, 11) is -4.11. The molecule has 2 rings (SSSR count). The summed E-state index contributed by atoms with van der Waals surface area (Å²) in [5, 5.41) is 13.6. The fourth-order valence-electron chi connectivity index (χ4n) is 2.06. The third kappa shape index (κ3) is 4.46. The Morgan fingerprint density at radius 2 is 1.84 bits per heavy atom. The van der Waals surface area contributed by atoms with Crippen LogP contribution in [0.15, 0.2) is 41.3 Å². The zero-order valence-corrected chi connectivity index (χ0v) is 14.8. The molecule has 2 N–H and O–H groups in total. The van der Waals surface area contributed by atoms with Crippen LogP contribution in [0.25, 0.3) is 0 Å². The number of sulfonamides is 1. The van der Waals surface area contributed by atoms with Crippen molar-refractivity contribution in [3.05, 3.63) is 57.1 Å². The number of benzene rings is 2. The maximum Gasteiger partial charge on any atom is 0.275 e. The van der Waals surface area contributed by atoms with E-state index in [4.69, 9.17) is 11.6 Å². The van der Waals surface area contributed by atoms with Gasteiger partial charge in [0.1, 0.15) is 0 Å². The number of carbonyl (C=O) groups is 1. The summed E-state index contributed by atoms with van der Waals surface area (Å²) < 4.78 is 27.3. The summed E-state index contributed by atoms with van der Waals surface area (Å²) in [6.45, 7) is 2.76. The van der Waals surface area contributed by atoms with Crippen LogP contribution in [-0.4, -0.2) is 19.2 Å². The lowest BCUT2D eigenvalue weighted by atomic mass is 10.2. The van der Waals surface area contributed by atoms with Crippen LogP contribution in [0, 0.1) is 17.0 Å². The van der Waals surface area contributed by atoms with Gasteiger partial charge in [-0.25, -0.2) is 8.42 Å². The molecule has 0 saturated heterocycles. The average Bonchev–Trinajstić information content (AvgIpc) is 2.48. The number of rotatable bonds is 5. The van der Waals surface area contributed by atoms with Gasteiger partial charge in [-0.15, -0.1) is 0 Å². The molecule has 0 radical (unpaired) electrons. The fraction of sp³-hybridized carbons (Fsp3) is 0.133. The molecule has 0 aromatic heterocycles. The smallest absolute Gasteiger partial charge is 0.275 e. The minimum atomic E-state index is -4.11. The molecule has 0 aliphatic heterocycles. The molecule has 0 unspecified atom stereocenters. The van der Waals surface area contributed by atoms with Crippen molar-refractivity contribution in [1.29, 1.82) is 0 Å². The van der Waals surface area contributed by atoms with Crippen LogP contribution in [-0.2, 0) is 14.8 Å². The van der Waals surface area contributed by atoms with Gasteiger partial charge < -0.3 is 5.32 Å². The van der Waals surface area contributed by atoms with Gasteiger partial charge in [-0.3, -0.25) is 19.6 Å². The molecule has 0 bridgehead atoms. The molecule has 0 fully saturated rings. The van der Waals surface area contributed by atoms with Crippen LogP contribution in [0.4, 0.5) is 17.1 Å². The van der Waals surface area contributed by atoms with Gasteiger partial charge in [-0.1, -0.05) is 17.7 Å². The van der Waals surface area contributed by atoms with Crippen molar-refractivity contribution in [2.75, 3.05) is 10.0 Å². The van der Waals surface area contributed by atoms with E-state index in [0.717, 1.165) is 12.1 Å². The highest BCUT2D eigenvalue weighted by Crippen LogP contribution is 2.30. The molecule has 8 nitrogen and oxygen atoms in total. The minimum Gasteiger partial charge on any atom is -0.326 e. The minimum absolute atomic E-state index is 0.0263. The van der Waals surface area contributed by atoms with Crippen LogP contribution >= 0.6 is 11.6 Å². The fourth-order valence-corrected chi connectivity index (χ4v) is 3.44. The molecule has 2 aromatic carbocycles. The molecule has 25 heavy (non-hydrogen) atoms. The summed E-state index contributed by atoms with van der Waals surface area (Å²) in [6.07, 6.45) is 0. The highest BCUT2D eigenvalue weighted by Gasteiger charge is 2.22. The predicted octanol–water partition coefficient (Wildman–Crippen LogP) is 3.32. The van der Waals surface area contributed by atoms with E-state index in [2.05, 4.69) is 10.0 Å². The van der Waals surface area contributed by atoms with E-state index in [-0.39, 0.29) is 32.8 Å². The van der Waals surface area contributed by atoms with Gasteiger partial charge in [0.2, 0.25) is 5.91 Å². The Morgan fingerprint density at radius 3 is 2.44 bits per heavy atom. The van der Waals surface area contributed by atoms with Gasteiger partial charge in [0.05, 0.1) is 20.5 Å². The Bertz CT molecular complexity index is 960. The number of halogens is 1. The van der Waals surface area contributed by atoms with Gasteiger partial charge in [0, 0.05) is 24.2 Å². The second kappa shape index (κ2) is 7.08. The quantitative estimate of drug-likeness (QED) is 0.606. The van der Waals surface area contributed by atoms with Crippen molar-refractivity contribution < 1.29 is 18.1 Å². The van der Waals surface area contributed by atoms with Crippen molar-refractivity contribution in [3.63, 3.8) is 0 Å². The molecule has 0 heterocycles. The maximum absolute atomic E-state index is 12.5. The first kappa shape index (κ1) is 18.7. The number of hydrogen-bond acceptors (Lipinski definition) is 5. The SMILES string of the molecule is CC(=O)Nc1cccc(NS(=O)(=O)c2cc(Cl)c(C)c([N+](=O)[O-])c2)c1. The monoisotopic (exact) mass is 383 g/mol. The molecule has 0 aliphatic carbocycles. The molecule has 0 aliphatic rings. The summed E-state index contributed by atoms with van der Waals surface area (Å²) in [6, 6.07) is 8.13. The summed E-state index contributed by atoms with van der Waals surface area (Å²) in [5.41, 5.74) is 0.379. The summed E-state index contributed by atoms with van der Waals surface area (Å²) in [4.78, 5) is 21.1. The Morgan fingerprint density at radius 1 is 1.20 bits per heavy atom. The lowest BCUT2D eigenvalue weighted by molar-refractivity contribution is -0.385. The number of hydrogen-bond donors (Lipinski definition) is 2. The molecular formula is C15H14ClN3O5S. The number of nitro benzene ring substituents is 1. The third-order valence-corrected chi connectivity index (χ3v) is 4.99. The molecule has 1 amide bonds.